The van der Waals surface area contributed by atoms with Crippen LogP contribution in [-0.2, 0) is 4.79 Å². The molecular formula is C9H10N2O3. The van der Waals surface area contributed by atoms with E-state index in [0.29, 0.717) is 17.5 Å². The molecule has 1 rings (SSSR count). The van der Waals surface area contributed by atoms with Crippen molar-refractivity contribution in [2.75, 3.05) is 0 Å². The quantitative estimate of drug-likeness (QED) is 0.675. The van der Waals surface area contributed by atoms with Gasteiger partial charge in [0.25, 0.3) is 0 Å². The normalized spacial score (nSPS) is 12.1. The number of hydrogen-bond acceptors (Lipinski definition) is 4. The van der Waals surface area contributed by atoms with Crippen LogP contribution in [0.2, 0.25) is 0 Å². The SMILES string of the molecule is NC(CC(=O)O)c1cc(C=O)ccn1. The maximum absolute atomic E-state index is 10.4. The molecule has 1 heterocycles. The van der Waals surface area contributed by atoms with Gasteiger partial charge in [-0.25, -0.2) is 0 Å². The van der Waals surface area contributed by atoms with Crippen molar-refractivity contribution in [2.24, 2.45) is 5.73 Å². The topological polar surface area (TPSA) is 93.3 Å². The minimum absolute atomic E-state index is 0.199. The Morgan fingerprint density at radius 1 is 1.71 bits per heavy atom. The van der Waals surface area contributed by atoms with Crippen molar-refractivity contribution in [3.05, 3.63) is 29.6 Å². The number of carboxylic acids is 1. The van der Waals surface area contributed by atoms with Crippen LogP contribution in [0.4, 0.5) is 0 Å². The minimum Gasteiger partial charge on any atom is -0.481 e. The fraction of sp³-hybridized carbons (Fsp3) is 0.222. The van der Waals surface area contributed by atoms with Crippen LogP contribution in [0.3, 0.4) is 0 Å². The number of pyridine rings is 1. The molecular weight excluding hydrogens is 184 g/mol. The predicted molar refractivity (Wildman–Crippen MR) is 48.8 cm³/mol. The summed E-state index contributed by atoms with van der Waals surface area (Å²) in [6.07, 6.45) is 1.90. The van der Waals surface area contributed by atoms with Crippen molar-refractivity contribution < 1.29 is 14.7 Å². The lowest BCUT2D eigenvalue weighted by molar-refractivity contribution is -0.137. The second-order valence-corrected chi connectivity index (χ2v) is 2.84. The van der Waals surface area contributed by atoms with Gasteiger partial charge in [-0.05, 0) is 12.1 Å². The van der Waals surface area contributed by atoms with Gasteiger partial charge in [0, 0.05) is 11.8 Å². The molecule has 0 radical (unpaired) electrons. The average Bonchev–Trinajstić information content (AvgIpc) is 2.17. The molecule has 0 aliphatic heterocycles. The first-order chi connectivity index (χ1) is 6.63. The molecule has 0 aromatic carbocycles. The molecule has 3 N–H and O–H groups in total. The van der Waals surface area contributed by atoms with E-state index in [4.69, 9.17) is 10.8 Å². The van der Waals surface area contributed by atoms with E-state index in [-0.39, 0.29) is 6.42 Å². The molecule has 14 heavy (non-hydrogen) atoms. The molecule has 0 saturated heterocycles. The van der Waals surface area contributed by atoms with Gasteiger partial charge < -0.3 is 10.8 Å². The van der Waals surface area contributed by atoms with Crippen LogP contribution in [0.5, 0.6) is 0 Å². The maximum atomic E-state index is 10.4. The highest BCUT2D eigenvalue weighted by molar-refractivity contribution is 5.74. The molecule has 1 atom stereocenters. The fourth-order valence-corrected chi connectivity index (χ4v) is 1.03. The van der Waals surface area contributed by atoms with E-state index in [1.807, 2.05) is 0 Å². The number of aldehydes is 1. The van der Waals surface area contributed by atoms with Gasteiger partial charge in [-0.2, -0.15) is 0 Å². The van der Waals surface area contributed by atoms with E-state index in [1.54, 1.807) is 0 Å². The Morgan fingerprint density at radius 2 is 2.43 bits per heavy atom. The smallest absolute Gasteiger partial charge is 0.305 e. The van der Waals surface area contributed by atoms with Crippen LogP contribution in [0.15, 0.2) is 18.3 Å². The summed E-state index contributed by atoms with van der Waals surface area (Å²) in [5, 5.41) is 8.49. The van der Waals surface area contributed by atoms with Crippen LogP contribution < -0.4 is 5.73 Å². The standard InChI is InChI=1S/C9H10N2O3/c10-7(4-9(13)14)8-3-6(5-12)1-2-11-8/h1-3,5,7H,4,10H2,(H,13,14). The fourth-order valence-electron chi connectivity index (χ4n) is 1.03. The summed E-state index contributed by atoms with van der Waals surface area (Å²) in [5.41, 5.74) is 6.41. The maximum Gasteiger partial charge on any atom is 0.305 e. The first-order valence-electron chi connectivity index (χ1n) is 4.02. The molecule has 0 bridgehead atoms. The van der Waals surface area contributed by atoms with Crippen LogP contribution in [0.1, 0.15) is 28.5 Å². The van der Waals surface area contributed by atoms with Gasteiger partial charge in [0.2, 0.25) is 0 Å². The van der Waals surface area contributed by atoms with Gasteiger partial charge in [-0.1, -0.05) is 0 Å². The monoisotopic (exact) mass is 194 g/mol. The van der Waals surface area contributed by atoms with Crippen molar-refractivity contribution in [1.82, 2.24) is 4.98 Å². The van der Waals surface area contributed by atoms with Crippen molar-refractivity contribution in [1.29, 1.82) is 0 Å². The lowest BCUT2D eigenvalue weighted by atomic mass is 10.1. The Labute approximate surface area is 80.6 Å². The highest BCUT2D eigenvalue weighted by Gasteiger charge is 2.11. The second kappa shape index (κ2) is 4.48. The minimum atomic E-state index is -0.990. The molecule has 0 aliphatic carbocycles. The third kappa shape index (κ3) is 2.63. The summed E-state index contributed by atoms with van der Waals surface area (Å²) in [6, 6.07) is 2.34. The number of nitrogens with two attached hydrogens (primary N) is 1. The average molecular weight is 194 g/mol. The third-order valence-electron chi connectivity index (χ3n) is 1.72. The summed E-state index contributed by atoms with van der Waals surface area (Å²) in [5.74, 6) is -0.990. The Balaban J connectivity index is 2.83. The number of carboxylic acid groups (broad SMARTS) is 1. The van der Waals surface area contributed by atoms with E-state index < -0.39 is 12.0 Å². The summed E-state index contributed by atoms with van der Waals surface area (Å²) in [7, 11) is 0. The highest BCUT2D eigenvalue weighted by Crippen LogP contribution is 2.11. The van der Waals surface area contributed by atoms with Crippen molar-refractivity contribution >= 4 is 12.3 Å². The largest absolute Gasteiger partial charge is 0.481 e. The van der Waals surface area contributed by atoms with Gasteiger partial charge in [-0.15, -0.1) is 0 Å². The first-order valence-corrected chi connectivity index (χ1v) is 4.02. The van der Waals surface area contributed by atoms with Gasteiger partial charge in [0.05, 0.1) is 18.2 Å². The second-order valence-electron chi connectivity index (χ2n) is 2.84. The molecule has 1 unspecified atom stereocenters. The Kier molecular flexibility index (Phi) is 3.30. The summed E-state index contributed by atoms with van der Waals surface area (Å²) in [6.45, 7) is 0. The Morgan fingerprint density at radius 3 is 3.00 bits per heavy atom. The lowest BCUT2D eigenvalue weighted by Crippen LogP contribution is -2.16. The van der Waals surface area contributed by atoms with Gasteiger partial charge in [0.1, 0.15) is 6.29 Å². The molecule has 1 aromatic rings. The lowest BCUT2D eigenvalue weighted by Gasteiger charge is -2.07. The van der Waals surface area contributed by atoms with E-state index in [0.717, 1.165) is 0 Å². The molecule has 5 heteroatoms. The Hall–Kier alpha value is -1.75. The summed E-state index contributed by atoms with van der Waals surface area (Å²) in [4.78, 5) is 24.7. The van der Waals surface area contributed by atoms with Crippen molar-refractivity contribution in [2.45, 2.75) is 12.5 Å². The Bertz CT molecular complexity index is 352. The number of rotatable bonds is 4. The molecule has 1 aromatic heterocycles. The van der Waals surface area contributed by atoms with Crippen molar-refractivity contribution in [3.8, 4) is 0 Å². The highest BCUT2D eigenvalue weighted by atomic mass is 16.4. The van der Waals surface area contributed by atoms with E-state index >= 15 is 0 Å². The van der Waals surface area contributed by atoms with E-state index in [2.05, 4.69) is 4.98 Å². The summed E-state index contributed by atoms with van der Waals surface area (Å²) < 4.78 is 0. The number of aliphatic carboxylic acids is 1. The number of aromatic nitrogens is 1. The number of hydrogen-bond donors (Lipinski definition) is 2. The van der Waals surface area contributed by atoms with E-state index in [9.17, 15) is 9.59 Å². The zero-order valence-electron chi connectivity index (χ0n) is 7.38. The third-order valence-corrected chi connectivity index (χ3v) is 1.72. The van der Waals surface area contributed by atoms with Gasteiger partial charge in [0.15, 0.2) is 0 Å². The predicted octanol–water partition coefficient (Wildman–Crippen LogP) is 0.369. The number of nitrogens with zero attached hydrogens (tertiary/aromatic N) is 1. The van der Waals surface area contributed by atoms with Crippen LogP contribution in [-0.4, -0.2) is 22.3 Å². The number of carbonyl (C=O) groups is 2. The number of carbonyl (C=O) groups excluding carboxylic acids is 1. The first kappa shape index (κ1) is 10.3. The zero-order valence-corrected chi connectivity index (χ0v) is 7.38. The zero-order chi connectivity index (χ0) is 10.6. The van der Waals surface area contributed by atoms with Crippen molar-refractivity contribution in [3.63, 3.8) is 0 Å². The molecule has 0 aliphatic rings. The molecule has 0 fully saturated rings. The molecule has 0 saturated carbocycles. The van der Waals surface area contributed by atoms with Crippen LogP contribution >= 0.6 is 0 Å². The molecule has 0 spiro atoms. The molecule has 74 valence electrons. The van der Waals surface area contributed by atoms with Gasteiger partial charge >= 0.3 is 5.97 Å². The molecule has 5 nitrogen and oxygen atoms in total. The van der Waals surface area contributed by atoms with Crippen LogP contribution in [0.25, 0.3) is 0 Å². The molecule has 0 amide bonds. The summed E-state index contributed by atoms with van der Waals surface area (Å²) >= 11 is 0. The van der Waals surface area contributed by atoms with E-state index in [1.165, 1.54) is 18.3 Å². The van der Waals surface area contributed by atoms with Gasteiger partial charge in [-0.3, -0.25) is 14.6 Å². The van der Waals surface area contributed by atoms with Crippen LogP contribution in [0, 0.1) is 0 Å².